The lowest BCUT2D eigenvalue weighted by molar-refractivity contribution is -0.339. The van der Waals surface area contributed by atoms with Gasteiger partial charge in [0.15, 0.2) is 11.9 Å². The maximum atomic E-state index is 14.9. The second-order valence-electron chi connectivity index (χ2n) is 5.97. The largest absolute Gasteiger partial charge is 0.790 e. The third kappa shape index (κ3) is 6.23. The zero-order valence-electron chi connectivity index (χ0n) is 14.6. The van der Waals surface area contributed by atoms with E-state index < -0.39 is 59.9 Å². The summed E-state index contributed by atoms with van der Waals surface area (Å²) in [5, 5.41) is 10.0. The Bertz CT molecular complexity index is 995. The molecule has 1 aromatic rings. The predicted octanol–water partition coefficient (Wildman–Crippen LogP) is -3.37. The lowest BCUT2D eigenvalue weighted by Gasteiger charge is -2.37. The first-order chi connectivity index (χ1) is 13.4. The maximum absolute atomic E-state index is 14.9. The summed E-state index contributed by atoms with van der Waals surface area (Å²) in [4.78, 5) is 58.4. The number of nitrogens with zero attached hydrogens (tertiary/aromatic N) is 2. The number of halogens is 1. The number of phosphoric ester groups is 1. The van der Waals surface area contributed by atoms with Crippen molar-refractivity contribution >= 4 is 29.3 Å². The molecule has 1 saturated heterocycles. The van der Waals surface area contributed by atoms with Crippen LogP contribution in [0.15, 0.2) is 17.1 Å². The quantitative estimate of drug-likeness (QED) is 0.333. The predicted molar refractivity (Wildman–Crippen MR) is 83.3 cm³/mol. The van der Waals surface area contributed by atoms with Gasteiger partial charge in [0.05, 0.1) is 14.4 Å². The summed E-state index contributed by atoms with van der Waals surface area (Å²) in [5.74, 6) is -0.190. The van der Waals surface area contributed by atoms with Crippen LogP contribution in [-0.4, -0.2) is 39.1 Å². The van der Waals surface area contributed by atoms with E-state index in [1.165, 1.54) is 0 Å². The summed E-state index contributed by atoms with van der Waals surface area (Å²) in [6, 6.07) is 1.12. The van der Waals surface area contributed by atoms with E-state index in [1.54, 1.807) is 0 Å². The normalized spacial score (nSPS) is 31.2. The lowest BCUT2D eigenvalue weighted by Crippen LogP contribution is -2.43. The van der Waals surface area contributed by atoms with Crippen molar-refractivity contribution < 1.29 is 60.6 Å². The minimum atomic E-state index is -6.19. The molecule has 3 N–H and O–H groups in total. The van der Waals surface area contributed by atoms with Gasteiger partial charge in [-0.15, -0.1) is 0 Å². The second kappa shape index (κ2) is 8.47. The third-order valence-corrected chi connectivity index (χ3v) is 7.28. The van der Waals surface area contributed by atoms with Gasteiger partial charge in [0, 0.05) is 6.20 Å². The molecular formula is C10H13FN3O13P3-4. The fraction of sp³-hybridized carbons (Fsp3) is 0.600. The van der Waals surface area contributed by atoms with Crippen LogP contribution in [0, 0.1) is 0 Å². The van der Waals surface area contributed by atoms with E-state index in [0.29, 0.717) is 4.57 Å². The molecule has 0 radical (unpaired) electrons. The number of phosphoric acid groups is 3. The fourth-order valence-electron chi connectivity index (χ4n) is 2.40. The number of hydrogen-bond acceptors (Lipinski definition) is 15. The number of aromatic nitrogens is 2. The summed E-state index contributed by atoms with van der Waals surface area (Å²) < 4.78 is 64.0. The van der Waals surface area contributed by atoms with Gasteiger partial charge in [-0.3, -0.25) is 18.0 Å². The highest BCUT2D eigenvalue weighted by atomic mass is 31.3. The van der Waals surface area contributed by atoms with Crippen LogP contribution < -0.4 is 31.0 Å². The molecule has 16 nitrogen and oxygen atoms in total. The second-order valence-corrected chi connectivity index (χ2v) is 10.2. The monoisotopic (exact) mass is 495 g/mol. The molecule has 172 valence electrons. The Morgan fingerprint density at radius 1 is 1.30 bits per heavy atom. The minimum Gasteiger partial charge on any atom is -0.790 e. The number of hydrogen-bond donors (Lipinski definition) is 2. The molecule has 6 atom stereocenters. The van der Waals surface area contributed by atoms with Crippen molar-refractivity contribution in [3.63, 3.8) is 0 Å². The van der Waals surface area contributed by atoms with Crippen LogP contribution in [-0.2, 0) is 31.6 Å². The van der Waals surface area contributed by atoms with Gasteiger partial charge in [-0.1, -0.05) is 0 Å². The number of alkyl halides is 1. The Balaban J connectivity index is 2.12. The van der Waals surface area contributed by atoms with Crippen molar-refractivity contribution in [2.45, 2.75) is 31.0 Å². The highest BCUT2D eigenvalue weighted by Crippen LogP contribution is 2.60. The Hall–Kier alpha value is -1.06. The Morgan fingerprint density at radius 2 is 1.90 bits per heavy atom. The van der Waals surface area contributed by atoms with Crippen LogP contribution in [0.3, 0.4) is 0 Å². The number of ether oxygens (including phenoxy) is 1. The van der Waals surface area contributed by atoms with E-state index >= 15 is 0 Å². The van der Waals surface area contributed by atoms with Crippen molar-refractivity contribution in [3.8, 4) is 0 Å². The van der Waals surface area contributed by atoms with Gasteiger partial charge >= 0.3 is 5.69 Å². The van der Waals surface area contributed by atoms with E-state index in [1.807, 2.05) is 0 Å². The Labute approximate surface area is 166 Å². The molecule has 1 aliphatic rings. The number of aliphatic hydroxyl groups is 1. The third-order valence-electron chi connectivity index (χ3n) is 3.62. The van der Waals surface area contributed by atoms with Gasteiger partial charge in [-0.2, -0.15) is 4.98 Å². The van der Waals surface area contributed by atoms with Crippen LogP contribution in [0.4, 0.5) is 10.2 Å². The molecule has 0 aliphatic carbocycles. The molecule has 30 heavy (non-hydrogen) atoms. The molecule has 20 heteroatoms. The van der Waals surface area contributed by atoms with Gasteiger partial charge < -0.3 is 44.2 Å². The first-order valence-corrected chi connectivity index (χ1v) is 11.9. The summed E-state index contributed by atoms with van der Waals surface area (Å²) >= 11 is 0. The number of nitrogen functional groups attached to an aromatic ring is 1. The molecule has 4 unspecified atom stereocenters. The molecule has 0 spiro atoms. The number of nitrogens with two attached hydrogens (primary N) is 1. The van der Waals surface area contributed by atoms with Crippen molar-refractivity contribution in [2.24, 2.45) is 0 Å². The molecule has 0 saturated carbocycles. The lowest BCUT2D eigenvalue weighted by atomic mass is 9.98. The molecule has 1 aliphatic heterocycles. The highest BCUT2D eigenvalue weighted by molar-refractivity contribution is 7.64. The van der Waals surface area contributed by atoms with Gasteiger partial charge in [-0.05, 0) is 13.0 Å². The molecule has 2 rings (SSSR count). The number of anilines is 1. The molecule has 1 fully saturated rings. The molecule has 0 bridgehead atoms. The van der Waals surface area contributed by atoms with Crippen molar-refractivity contribution in [3.05, 3.63) is 22.7 Å². The van der Waals surface area contributed by atoms with E-state index in [-0.39, 0.29) is 5.82 Å². The first kappa shape index (κ1) is 25.2. The summed E-state index contributed by atoms with van der Waals surface area (Å²) in [6.45, 7) is -0.417. The smallest absolute Gasteiger partial charge is 0.351 e. The first-order valence-electron chi connectivity index (χ1n) is 7.52. The average Bonchev–Trinajstić information content (AvgIpc) is 2.73. The van der Waals surface area contributed by atoms with Crippen molar-refractivity contribution in [1.82, 2.24) is 9.55 Å². The molecule has 2 heterocycles. The van der Waals surface area contributed by atoms with Gasteiger partial charge in [0.25, 0.3) is 15.6 Å². The minimum absolute atomic E-state index is 0.190. The number of aliphatic hydroxyl groups excluding tert-OH is 1. The van der Waals surface area contributed by atoms with E-state index in [9.17, 15) is 47.6 Å². The van der Waals surface area contributed by atoms with E-state index in [0.717, 1.165) is 19.2 Å². The van der Waals surface area contributed by atoms with Crippen molar-refractivity contribution in [2.75, 3.05) is 12.3 Å². The van der Waals surface area contributed by atoms with Crippen molar-refractivity contribution in [1.29, 1.82) is 0 Å². The summed E-state index contributed by atoms with van der Waals surface area (Å²) in [5.41, 5.74) is 1.57. The fourth-order valence-corrected chi connectivity index (χ4v) is 5.27. The van der Waals surface area contributed by atoms with Crippen LogP contribution in [0.5, 0.6) is 0 Å². The van der Waals surface area contributed by atoms with Crippen LogP contribution >= 0.6 is 23.5 Å². The van der Waals surface area contributed by atoms with E-state index in [2.05, 4.69) is 18.1 Å². The maximum Gasteiger partial charge on any atom is 0.351 e. The van der Waals surface area contributed by atoms with Crippen LogP contribution in [0.25, 0.3) is 0 Å². The standard InChI is InChI=1S/C10H17FN3O13P3/c1-10(11)7(15)5(25-8(10)14-3-2-6(12)13-9(14)16)4-24-29(20,21)27-30(22,23)26-28(17,18)19/h2-3,5,7-8,15H,4H2,1H3,(H,20,21)(H,22,23)(H2,12,13,16)(H2,17,18,19)/p-4/t5-,7?,8-,10?/m1/s1. The van der Waals surface area contributed by atoms with Crippen LogP contribution in [0.1, 0.15) is 13.2 Å². The topological polar surface area (TPSA) is 262 Å². The van der Waals surface area contributed by atoms with Crippen LogP contribution in [0.2, 0.25) is 0 Å². The molecule has 1 aromatic heterocycles. The number of rotatable bonds is 8. The average molecular weight is 495 g/mol. The SMILES string of the molecule is CC1(F)C(O)[C@@H](COP(=O)([O-])OP(=O)([O-])OP(=O)([O-])[O-])O[C@H]1n1ccc(N)nc1=O. The molecular weight excluding hydrogens is 482 g/mol. The summed E-state index contributed by atoms with van der Waals surface area (Å²) in [6.07, 6.45) is -4.68. The Morgan fingerprint density at radius 3 is 2.43 bits per heavy atom. The van der Waals surface area contributed by atoms with Gasteiger partial charge in [0.2, 0.25) is 0 Å². The molecule has 0 amide bonds. The zero-order chi connectivity index (χ0) is 23.1. The zero-order valence-corrected chi connectivity index (χ0v) is 17.3. The van der Waals surface area contributed by atoms with Gasteiger partial charge in [0.1, 0.15) is 18.0 Å². The summed E-state index contributed by atoms with van der Waals surface area (Å²) in [7, 11) is -18.2. The Kier molecular flexibility index (Phi) is 7.11. The molecule has 0 aromatic carbocycles. The van der Waals surface area contributed by atoms with E-state index in [4.69, 9.17) is 10.5 Å². The highest BCUT2D eigenvalue weighted by Gasteiger charge is 2.55. The van der Waals surface area contributed by atoms with Gasteiger partial charge in [-0.25, -0.2) is 13.5 Å².